The van der Waals surface area contributed by atoms with Gasteiger partial charge in [0.25, 0.3) is 0 Å². The SMILES string of the molecule is CC(C)Cn1ncnc1CN(CCCN)C1CC1. The molecule has 0 radical (unpaired) electrons. The zero-order valence-corrected chi connectivity index (χ0v) is 11.5. The van der Waals surface area contributed by atoms with E-state index in [1.807, 2.05) is 4.68 Å². The van der Waals surface area contributed by atoms with Crippen LogP contribution in [0.25, 0.3) is 0 Å². The van der Waals surface area contributed by atoms with Crippen LogP contribution in [0.3, 0.4) is 0 Å². The molecule has 0 atom stereocenters. The standard InChI is InChI=1S/C13H25N5/c1-11(2)8-18-13(15-10-16-18)9-17(7-3-6-14)12-4-5-12/h10-12H,3-9,14H2,1-2H3. The Bertz CT molecular complexity index is 356. The lowest BCUT2D eigenvalue weighted by atomic mass is 10.2. The Morgan fingerprint density at radius 1 is 1.50 bits per heavy atom. The van der Waals surface area contributed by atoms with Crippen molar-refractivity contribution in [2.45, 2.75) is 52.2 Å². The van der Waals surface area contributed by atoms with Gasteiger partial charge >= 0.3 is 0 Å². The molecular weight excluding hydrogens is 226 g/mol. The predicted octanol–water partition coefficient (Wildman–Crippen LogP) is 1.25. The van der Waals surface area contributed by atoms with Gasteiger partial charge in [-0.2, -0.15) is 5.10 Å². The maximum atomic E-state index is 5.61. The average Bonchev–Trinajstić information content (AvgIpc) is 3.08. The van der Waals surface area contributed by atoms with Crippen molar-refractivity contribution in [2.75, 3.05) is 13.1 Å². The first-order chi connectivity index (χ1) is 8.70. The summed E-state index contributed by atoms with van der Waals surface area (Å²) in [5.74, 6) is 1.69. The molecule has 1 fully saturated rings. The van der Waals surface area contributed by atoms with Gasteiger partial charge in [-0.1, -0.05) is 13.8 Å². The summed E-state index contributed by atoms with van der Waals surface area (Å²) in [4.78, 5) is 6.91. The number of hydrogen-bond donors (Lipinski definition) is 1. The summed E-state index contributed by atoms with van der Waals surface area (Å²) in [5.41, 5.74) is 5.61. The van der Waals surface area contributed by atoms with E-state index in [-0.39, 0.29) is 0 Å². The number of hydrogen-bond acceptors (Lipinski definition) is 4. The highest BCUT2D eigenvalue weighted by Gasteiger charge is 2.29. The van der Waals surface area contributed by atoms with Crippen LogP contribution in [-0.2, 0) is 13.1 Å². The molecule has 1 aliphatic rings. The van der Waals surface area contributed by atoms with Crippen LogP contribution in [0.1, 0.15) is 38.9 Å². The maximum absolute atomic E-state index is 5.61. The molecule has 0 aliphatic heterocycles. The van der Waals surface area contributed by atoms with Gasteiger partial charge in [0.1, 0.15) is 12.2 Å². The predicted molar refractivity (Wildman–Crippen MR) is 72.0 cm³/mol. The highest BCUT2D eigenvalue weighted by atomic mass is 15.4. The number of nitrogens with zero attached hydrogens (tertiary/aromatic N) is 4. The molecule has 5 heteroatoms. The third kappa shape index (κ3) is 3.78. The van der Waals surface area contributed by atoms with Crippen LogP contribution in [0.4, 0.5) is 0 Å². The summed E-state index contributed by atoms with van der Waals surface area (Å²) in [5, 5.41) is 4.32. The topological polar surface area (TPSA) is 60.0 Å². The summed E-state index contributed by atoms with van der Waals surface area (Å²) in [6, 6.07) is 0.751. The fourth-order valence-corrected chi connectivity index (χ4v) is 2.22. The molecule has 18 heavy (non-hydrogen) atoms. The van der Waals surface area contributed by atoms with E-state index in [1.165, 1.54) is 12.8 Å². The van der Waals surface area contributed by atoms with Gasteiger partial charge in [-0.3, -0.25) is 4.90 Å². The lowest BCUT2D eigenvalue weighted by molar-refractivity contribution is 0.240. The van der Waals surface area contributed by atoms with Crippen molar-refractivity contribution in [3.63, 3.8) is 0 Å². The summed E-state index contributed by atoms with van der Waals surface area (Å²) in [6.07, 6.45) is 5.38. The molecule has 2 N–H and O–H groups in total. The van der Waals surface area contributed by atoms with Crippen molar-refractivity contribution < 1.29 is 0 Å². The van der Waals surface area contributed by atoms with E-state index in [2.05, 4.69) is 28.8 Å². The van der Waals surface area contributed by atoms with E-state index in [4.69, 9.17) is 5.73 Å². The molecule has 0 spiro atoms. The molecule has 1 aromatic heterocycles. The minimum atomic E-state index is 0.601. The van der Waals surface area contributed by atoms with E-state index < -0.39 is 0 Å². The second kappa shape index (κ2) is 6.29. The van der Waals surface area contributed by atoms with Crippen molar-refractivity contribution in [3.05, 3.63) is 12.2 Å². The molecule has 0 bridgehead atoms. The summed E-state index contributed by atoms with van der Waals surface area (Å²) in [7, 11) is 0. The van der Waals surface area contributed by atoms with E-state index in [0.717, 1.165) is 44.5 Å². The fraction of sp³-hybridized carbons (Fsp3) is 0.846. The van der Waals surface area contributed by atoms with Crippen LogP contribution in [0.15, 0.2) is 6.33 Å². The molecule has 0 saturated heterocycles. The zero-order chi connectivity index (χ0) is 13.0. The largest absolute Gasteiger partial charge is 0.330 e. The van der Waals surface area contributed by atoms with Gasteiger partial charge < -0.3 is 5.73 Å². The summed E-state index contributed by atoms with van der Waals surface area (Å²) in [6.45, 7) is 8.12. The molecule has 0 unspecified atom stereocenters. The minimum absolute atomic E-state index is 0.601. The molecule has 2 rings (SSSR count). The first-order valence-corrected chi connectivity index (χ1v) is 7.01. The average molecular weight is 251 g/mol. The van der Waals surface area contributed by atoms with Gasteiger partial charge in [0, 0.05) is 19.1 Å². The number of aromatic nitrogens is 3. The third-order valence-corrected chi connectivity index (χ3v) is 3.29. The Kier molecular flexibility index (Phi) is 4.72. The molecule has 0 amide bonds. The number of rotatable bonds is 8. The quantitative estimate of drug-likeness (QED) is 0.755. The monoisotopic (exact) mass is 251 g/mol. The Balaban J connectivity index is 1.95. The Hall–Kier alpha value is -0.940. The van der Waals surface area contributed by atoms with Gasteiger partial charge in [-0.25, -0.2) is 9.67 Å². The van der Waals surface area contributed by atoms with Crippen LogP contribution in [0.5, 0.6) is 0 Å². The van der Waals surface area contributed by atoms with Crippen molar-refractivity contribution in [3.8, 4) is 0 Å². The minimum Gasteiger partial charge on any atom is -0.330 e. The van der Waals surface area contributed by atoms with Crippen molar-refractivity contribution >= 4 is 0 Å². The maximum Gasteiger partial charge on any atom is 0.141 e. The smallest absolute Gasteiger partial charge is 0.141 e. The van der Waals surface area contributed by atoms with Crippen LogP contribution in [0, 0.1) is 5.92 Å². The van der Waals surface area contributed by atoms with Gasteiger partial charge in [0.2, 0.25) is 0 Å². The Morgan fingerprint density at radius 3 is 2.89 bits per heavy atom. The molecule has 1 aliphatic carbocycles. The second-order valence-electron chi connectivity index (χ2n) is 5.60. The van der Waals surface area contributed by atoms with Gasteiger partial charge in [0.15, 0.2) is 0 Å². The van der Waals surface area contributed by atoms with E-state index in [1.54, 1.807) is 6.33 Å². The van der Waals surface area contributed by atoms with Crippen molar-refractivity contribution in [1.82, 2.24) is 19.7 Å². The van der Waals surface area contributed by atoms with Crippen molar-refractivity contribution in [1.29, 1.82) is 0 Å². The fourth-order valence-electron chi connectivity index (χ4n) is 2.22. The number of nitrogens with two attached hydrogens (primary N) is 1. The van der Waals surface area contributed by atoms with Crippen LogP contribution >= 0.6 is 0 Å². The van der Waals surface area contributed by atoms with E-state index in [9.17, 15) is 0 Å². The zero-order valence-electron chi connectivity index (χ0n) is 11.5. The molecule has 0 aromatic carbocycles. The molecular formula is C13H25N5. The van der Waals surface area contributed by atoms with Crippen LogP contribution in [-0.4, -0.2) is 38.8 Å². The summed E-state index contributed by atoms with van der Waals surface area (Å²) < 4.78 is 2.04. The molecule has 102 valence electrons. The van der Waals surface area contributed by atoms with Crippen LogP contribution in [0.2, 0.25) is 0 Å². The van der Waals surface area contributed by atoms with E-state index >= 15 is 0 Å². The van der Waals surface area contributed by atoms with Gasteiger partial charge in [-0.15, -0.1) is 0 Å². The first-order valence-electron chi connectivity index (χ1n) is 7.01. The highest BCUT2D eigenvalue weighted by molar-refractivity contribution is 4.91. The molecule has 5 nitrogen and oxygen atoms in total. The summed E-state index contributed by atoms with van der Waals surface area (Å²) >= 11 is 0. The van der Waals surface area contributed by atoms with E-state index in [0.29, 0.717) is 5.92 Å². The Labute approximate surface area is 109 Å². The lowest BCUT2D eigenvalue weighted by Crippen LogP contribution is -2.30. The lowest BCUT2D eigenvalue weighted by Gasteiger charge is -2.21. The van der Waals surface area contributed by atoms with Gasteiger partial charge in [0.05, 0.1) is 6.54 Å². The molecule has 1 heterocycles. The first kappa shape index (κ1) is 13.5. The van der Waals surface area contributed by atoms with Crippen molar-refractivity contribution in [2.24, 2.45) is 11.7 Å². The second-order valence-corrected chi connectivity index (χ2v) is 5.60. The molecule has 1 saturated carbocycles. The normalized spacial score (nSPS) is 15.8. The highest BCUT2D eigenvalue weighted by Crippen LogP contribution is 2.28. The Morgan fingerprint density at radius 2 is 2.28 bits per heavy atom. The molecule has 1 aromatic rings. The van der Waals surface area contributed by atoms with Gasteiger partial charge in [-0.05, 0) is 31.7 Å². The van der Waals surface area contributed by atoms with Crippen LogP contribution < -0.4 is 5.73 Å². The third-order valence-electron chi connectivity index (χ3n) is 3.29.